The molecule has 2 fully saturated rings. The summed E-state index contributed by atoms with van der Waals surface area (Å²) in [6, 6.07) is 0. The van der Waals surface area contributed by atoms with Crippen LogP contribution in [-0.4, -0.2) is 48.3 Å². The van der Waals surface area contributed by atoms with Gasteiger partial charge in [-0.3, -0.25) is 4.90 Å². The molecule has 80 valence electrons. The number of carboxylic acids is 1. The summed E-state index contributed by atoms with van der Waals surface area (Å²) in [5.41, 5.74) is 0. The predicted octanol–water partition coefficient (Wildman–Crippen LogP) is 0.572. The Labute approximate surface area is 83.8 Å². The topological polar surface area (TPSA) is 49.8 Å². The van der Waals surface area contributed by atoms with Gasteiger partial charge in [0.1, 0.15) is 0 Å². The van der Waals surface area contributed by atoms with Crippen LogP contribution in [0, 0.1) is 5.92 Å². The minimum Gasteiger partial charge on any atom is -0.479 e. The molecule has 1 heterocycles. The second kappa shape index (κ2) is 4.28. The zero-order valence-electron chi connectivity index (χ0n) is 8.32. The molecule has 0 aromatic carbocycles. The van der Waals surface area contributed by atoms with Gasteiger partial charge in [0.2, 0.25) is 0 Å². The predicted molar refractivity (Wildman–Crippen MR) is 51.2 cm³/mol. The zero-order chi connectivity index (χ0) is 9.97. The lowest BCUT2D eigenvalue weighted by molar-refractivity contribution is -0.156. The molecule has 0 spiro atoms. The molecule has 1 saturated heterocycles. The van der Waals surface area contributed by atoms with Crippen LogP contribution in [0.3, 0.4) is 0 Å². The summed E-state index contributed by atoms with van der Waals surface area (Å²) in [6.45, 7) is 3.04. The Morgan fingerprint density at radius 3 is 2.93 bits per heavy atom. The first kappa shape index (κ1) is 9.93. The molecule has 4 heteroatoms. The van der Waals surface area contributed by atoms with E-state index in [0.717, 1.165) is 19.0 Å². The Bertz CT molecular complexity index is 215. The molecule has 1 saturated carbocycles. The van der Waals surface area contributed by atoms with E-state index >= 15 is 0 Å². The van der Waals surface area contributed by atoms with E-state index in [1.54, 1.807) is 0 Å². The molecule has 4 nitrogen and oxygen atoms in total. The van der Waals surface area contributed by atoms with Crippen molar-refractivity contribution in [2.75, 3.05) is 26.2 Å². The normalized spacial score (nSPS) is 29.0. The quantitative estimate of drug-likeness (QED) is 0.719. The van der Waals surface area contributed by atoms with E-state index in [0.29, 0.717) is 13.2 Å². The van der Waals surface area contributed by atoms with E-state index < -0.39 is 12.1 Å². The van der Waals surface area contributed by atoms with Crippen molar-refractivity contribution in [2.24, 2.45) is 5.92 Å². The lowest BCUT2D eigenvalue weighted by Gasteiger charge is -2.30. The standard InChI is InChI=1S/C10H17NO3/c12-10(13)9-7-11(5-6-14-9)4-3-8-1-2-8/h8-9H,1-7H2,(H,12,13). The first-order valence-electron chi connectivity index (χ1n) is 5.32. The molecular formula is C10H17NO3. The molecule has 0 amide bonds. The van der Waals surface area contributed by atoms with Gasteiger partial charge in [-0.2, -0.15) is 0 Å². The van der Waals surface area contributed by atoms with Crippen molar-refractivity contribution in [3.05, 3.63) is 0 Å². The van der Waals surface area contributed by atoms with Crippen molar-refractivity contribution >= 4 is 5.97 Å². The molecule has 0 radical (unpaired) electrons. The summed E-state index contributed by atoms with van der Waals surface area (Å²) in [7, 11) is 0. The van der Waals surface area contributed by atoms with Crippen LogP contribution < -0.4 is 0 Å². The van der Waals surface area contributed by atoms with Crippen molar-refractivity contribution in [3.8, 4) is 0 Å². The molecule has 2 aliphatic rings. The van der Waals surface area contributed by atoms with E-state index in [4.69, 9.17) is 9.84 Å². The number of hydrogen-bond donors (Lipinski definition) is 1. The van der Waals surface area contributed by atoms with Crippen LogP contribution in [0.2, 0.25) is 0 Å². The summed E-state index contributed by atoms with van der Waals surface area (Å²) in [4.78, 5) is 12.9. The van der Waals surface area contributed by atoms with Crippen LogP contribution in [0.15, 0.2) is 0 Å². The fraction of sp³-hybridized carbons (Fsp3) is 0.900. The van der Waals surface area contributed by atoms with Crippen molar-refractivity contribution in [3.63, 3.8) is 0 Å². The Morgan fingerprint density at radius 2 is 2.29 bits per heavy atom. The van der Waals surface area contributed by atoms with Crippen molar-refractivity contribution in [2.45, 2.75) is 25.4 Å². The maximum atomic E-state index is 10.7. The maximum Gasteiger partial charge on any atom is 0.334 e. The minimum absolute atomic E-state index is 0.557. The Kier molecular flexibility index (Phi) is 3.03. The van der Waals surface area contributed by atoms with Gasteiger partial charge >= 0.3 is 5.97 Å². The van der Waals surface area contributed by atoms with Gasteiger partial charge in [0.05, 0.1) is 6.61 Å². The fourth-order valence-corrected chi connectivity index (χ4v) is 1.83. The van der Waals surface area contributed by atoms with Crippen molar-refractivity contribution < 1.29 is 14.6 Å². The Hall–Kier alpha value is -0.610. The maximum absolute atomic E-state index is 10.7. The van der Waals surface area contributed by atoms with E-state index in [9.17, 15) is 4.79 Å². The van der Waals surface area contributed by atoms with Crippen LogP contribution in [0.1, 0.15) is 19.3 Å². The van der Waals surface area contributed by atoms with Crippen molar-refractivity contribution in [1.82, 2.24) is 4.90 Å². The average molecular weight is 199 g/mol. The molecule has 1 N–H and O–H groups in total. The number of nitrogens with zero attached hydrogens (tertiary/aromatic N) is 1. The zero-order valence-corrected chi connectivity index (χ0v) is 8.32. The van der Waals surface area contributed by atoms with Crippen LogP contribution >= 0.6 is 0 Å². The number of carbonyl (C=O) groups is 1. The summed E-state index contributed by atoms with van der Waals surface area (Å²) in [6.07, 6.45) is 3.36. The van der Waals surface area contributed by atoms with E-state index in [1.807, 2.05) is 0 Å². The van der Waals surface area contributed by atoms with E-state index in [1.165, 1.54) is 19.3 Å². The SMILES string of the molecule is O=C(O)C1CN(CCC2CC2)CCO1. The first-order chi connectivity index (χ1) is 6.75. The number of rotatable bonds is 4. The number of carboxylic acid groups (broad SMARTS) is 1. The number of ether oxygens (including phenoxy) is 1. The third-order valence-electron chi connectivity index (χ3n) is 2.98. The third-order valence-corrected chi connectivity index (χ3v) is 2.98. The van der Waals surface area contributed by atoms with Gasteiger partial charge in [-0.05, 0) is 18.9 Å². The highest BCUT2D eigenvalue weighted by Gasteiger charge is 2.27. The molecule has 1 unspecified atom stereocenters. The van der Waals surface area contributed by atoms with Gasteiger partial charge < -0.3 is 9.84 Å². The molecule has 0 aromatic rings. The fourth-order valence-electron chi connectivity index (χ4n) is 1.83. The molecule has 1 aliphatic carbocycles. The van der Waals surface area contributed by atoms with Gasteiger partial charge in [0, 0.05) is 13.1 Å². The Balaban J connectivity index is 1.72. The summed E-state index contributed by atoms with van der Waals surface area (Å²) < 4.78 is 5.15. The minimum atomic E-state index is -0.832. The Morgan fingerprint density at radius 1 is 1.50 bits per heavy atom. The number of morpholine rings is 1. The summed E-state index contributed by atoms with van der Waals surface area (Å²) in [5.74, 6) is 0.0854. The molecule has 1 aliphatic heterocycles. The van der Waals surface area contributed by atoms with Gasteiger partial charge in [-0.1, -0.05) is 12.8 Å². The molecule has 0 aromatic heterocycles. The molecule has 0 bridgehead atoms. The van der Waals surface area contributed by atoms with Gasteiger partial charge in [-0.15, -0.1) is 0 Å². The number of aliphatic carboxylic acids is 1. The average Bonchev–Trinajstić information content (AvgIpc) is 2.99. The van der Waals surface area contributed by atoms with Crippen LogP contribution in [0.25, 0.3) is 0 Å². The van der Waals surface area contributed by atoms with Crippen molar-refractivity contribution in [1.29, 1.82) is 0 Å². The van der Waals surface area contributed by atoms with Gasteiger partial charge in [0.15, 0.2) is 6.10 Å². The first-order valence-corrected chi connectivity index (χ1v) is 5.32. The lowest BCUT2D eigenvalue weighted by Crippen LogP contribution is -2.46. The largest absolute Gasteiger partial charge is 0.479 e. The summed E-state index contributed by atoms with van der Waals surface area (Å²) >= 11 is 0. The highest BCUT2D eigenvalue weighted by molar-refractivity contribution is 5.72. The van der Waals surface area contributed by atoms with Crippen LogP contribution in [0.4, 0.5) is 0 Å². The van der Waals surface area contributed by atoms with Gasteiger partial charge in [-0.25, -0.2) is 4.79 Å². The number of hydrogen-bond acceptors (Lipinski definition) is 3. The second-order valence-electron chi connectivity index (χ2n) is 4.23. The molecule has 1 atom stereocenters. The van der Waals surface area contributed by atoms with Crippen LogP contribution in [-0.2, 0) is 9.53 Å². The lowest BCUT2D eigenvalue weighted by atomic mass is 10.2. The molecule has 14 heavy (non-hydrogen) atoms. The second-order valence-corrected chi connectivity index (χ2v) is 4.23. The highest BCUT2D eigenvalue weighted by Crippen LogP contribution is 2.32. The smallest absolute Gasteiger partial charge is 0.334 e. The molecule has 2 rings (SSSR count). The van der Waals surface area contributed by atoms with E-state index in [2.05, 4.69) is 4.90 Å². The van der Waals surface area contributed by atoms with Gasteiger partial charge in [0.25, 0.3) is 0 Å². The monoisotopic (exact) mass is 199 g/mol. The molecular weight excluding hydrogens is 182 g/mol. The third kappa shape index (κ3) is 2.69. The highest BCUT2D eigenvalue weighted by atomic mass is 16.5. The summed E-state index contributed by atoms with van der Waals surface area (Å²) in [5, 5.41) is 8.79. The van der Waals surface area contributed by atoms with Crippen LogP contribution in [0.5, 0.6) is 0 Å². The van der Waals surface area contributed by atoms with E-state index in [-0.39, 0.29) is 0 Å².